The molecule has 0 aliphatic carbocycles. The zero-order valence-electron chi connectivity index (χ0n) is 11.9. The molecule has 1 aromatic rings. The van der Waals surface area contributed by atoms with Crippen LogP contribution in [0.4, 0.5) is 0 Å². The van der Waals surface area contributed by atoms with Crippen molar-refractivity contribution in [3.05, 3.63) is 34.9 Å². The van der Waals surface area contributed by atoms with E-state index in [1.165, 1.54) is 16.7 Å². The molecular formula is C15H23NO2. The molecule has 3 nitrogen and oxygen atoms in total. The van der Waals surface area contributed by atoms with Gasteiger partial charge in [0.15, 0.2) is 0 Å². The van der Waals surface area contributed by atoms with E-state index in [-0.39, 0.29) is 18.0 Å². The predicted octanol–water partition coefficient (Wildman–Crippen LogP) is 2.69. The summed E-state index contributed by atoms with van der Waals surface area (Å²) in [5.41, 5.74) is 9.18. The number of carbonyl (C=O) groups is 1. The fourth-order valence-electron chi connectivity index (χ4n) is 1.98. The van der Waals surface area contributed by atoms with Crippen LogP contribution in [0.1, 0.15) is 43.4 Å². The summed E-state index contributed by atoms with van der Waals surface area (Å²) in [6.45, 7) is 9.76. The number of benzene rings is 1. The molecule has 0 fully saturated rings. The molecule has 0 radical (unpaired) electrons. The molecule has 100 valence electrons. The summed E-state index contributed by atoms with van der Waals surface area (Å²) in [6.07, 6.45) is -0.176. The normalized spacial score (nSPS) is 15.9. The Hall–Kier alpha value is -1.35. The van der Waals surface area contributed by atoms with Crippen LogP contribution in [-0.4, -0.2) is 18.1 Å². The first-order valence-corrected chi connectivity index (χ1v) is 6.36. The van der Waals surface area contributed by atoms with E-state index in [0.717, 1.165) is 0 Å². The second-order valence-corrected chi connectivity index (χ2v) is 5.08. The van der Waals surface area contributed by atoms with Crippen LogP contribution >= 0.6 is 0 Å². The van der Waals surface area contributed by atoms with Crippen molar-refractivity contribution in [2.24, 2.45) is 5.73 Å². The Morgan fingerprint density at radius 2 is 1.83 bits per heavy atom. The van der Waals surface area contributed by atoms with Crippen molar-refractivity contribution in [2.45, 2.75) is 52.7 Å². The molecule has 0 amide bonds. The molecule has 0 saturated carbocycles. The Labute approximate surface area is 109 Å². The van der Waals surface area contributed by atoms with Gasteiger partial charge in [0.1, 0.15) is 12.1 Å². The first-order chi connectivity index (χ1) is 8.32. The van der Waals surface area contributed by atoms with E-state index >= 15 is 0 Å². The number of aryl methyl sites for hydroxylation is 2. The molecule has 0 aliphatic rings. The van der Waals surface area contributed by atoms with Crippen molar-refractivity contribution in [1.29, 1.82) is 0 Å². The Morgan fingerprint density at radius 3 is 2.33 bits per heavy atom. The summed E-state index contributed by atoms with van der Waals surface area (Å²) < 4.78 is 5.35. The Bertz CT molecular complexity index is 427. The van der Waals surface area contributed by atoms with E-state index in [1.54, 1.807) is 6.92 Å². The van der Waals surface area contributed by atoms with Gasteiger partial charge in [-0.15, -0.1) is 0 Å². The Morgan fingerprint density at radius 1 is 1.22 bits per heavy atom. The summed E-state index contributed by atoms with van der Waals surface area (Å²) >= 11 is 0. The minimum Gasteiger partial charge on any atom is -0.461 e. The van der Waals surface area contributed by atoms with Crippen molar-refractivity contribution in [2.75, 3.05) is 0 Å². The maximum atomic E-state index is 11.5. The topological polar surface area (TPSA) is 52.3 Å². The average Bonchev–Trinajstić information content (AvgIpc) is 2.27. The van der Waals surface area contributed by atoms with E-state index in [9.17, 15) is 4.79 Å². The number of rotatable bonds is 4. The molecule has 3 heteroatoms. The van der Waals surface area contributed by atoms with Crippen molar-refractivity contribution in [1.82, 2.24) is 0 Å². The van der Waals surface area contributed by atoms with Gasteiger partial charge < -0.3 is 10.5 Å². The number of hydrogen-bond acceptors (Lipinski definition) is 3. The zero-order chi connectivity index (χ0) is 13.9. The van der Waals surface area contributed by atoms with Crippen LogP contribution in [0.3, 0.4) is 0 Å². The Kier molecular flexibility index (Phi) is 4.91. The molecule has 0 aromatic heterocycles. The highest BCUT2D eigenvalue weighted by Gasteiger charge is 2.21. The third kappa shape index (κ3) is 3.57. The van der Waals surface area contributed by atoms with E-state index in [1.807, 2.05) is 6.92 Å². The van der Waals surface area contributed by atoms with Crippen LogP contribution in [0.25, 0.3) is 0 Å². The number of hydrogen-bond donors (Lipinski definition) is 1. The fourth-order valence-corrected chi connectivity index (χ4v) is 1.98. The van der Waals surface area contributed by atoms with Crippen LogP contribution in [0.15, 0.2) is 18.2 Å². The van der Waals surface area contributed by atoms with Gasteiger partial charge in [-0.1, -0.05) is 30.7 Å². The lowest BCUT2D eigenvalue weighted by molar-refractivity contribution is -0.150. The number of nitrogens with two attached hydrogens (primary N) is 1. The fraction of sp³-hybridized carbons (Fsp3) is 0.533. The maximum absolute atomic E-state index is 11.5. The minimum atomic E-state index is -0.571. The van der Waals surface area contributed by atoms with Gasteiger partial charge in [0.25, 0.3) is 0 Å². The summed E-state index contributed by atoms with van der Waals surface area (Å²) in [5, 5.41) is 0. The third-order valence-corrected chi connectivity index (χ3v) is 3.29. The first kappa shape index (κ1) is 14.7. The zero-order valence-corrected chi connectivity index (χ0v) is 11.9. The minimum absolute atomic E-state index is 0.160. The van der Waals surface area contributed by atoms with E-state index in [4.69, 9.17) is 10.5 Å². The SMILES string of the molecule is Cc1ccc([C@H](C)[C@H](C)OC(=O)[C@H](C)N)c(C)c1. The van der Waals surface area contributed by atoms with Crippen molar-refractivity contribution in [3.63, 3.8) is 0 Å². The lowest BCUT2D eigenvalue weighted by Gasteiger charge is -2.23. The highest BCUT2D eigenvalue weighted by Crippen LogP contribution is 2.25. The molecule has 3 atom stereocenters. The highest BCUT2D eigenvalue weighted by molar-refractivity contribution is 5.75. The summed E-state index contributed by atoms with van der Waals surface area (Å²) in [4.78, 5) is 11.5. The molecule has 1 rings (SSSR count). The second kappa shape index (κ2) is 6.01. The van der Waals surface area contributed by atoms with Crippen LogP contribution in [0.5, 0.6) is 0 Å². The van der Waals surface area contributed by atoms with Gasteiger partial charge in [-0.25, -0.2) is 0 Å². The summed E-state index contributed by atoms with van der Waals surface area (Å²) in [7, 11) is 0. The quantitative estimate of drug-likeness (QED) is 0.835. The number of esters is 1. The van der Waals surface area contributed by atoms with Gasteiger partial charge in [0.2, 0.25) is 0 Å². The molecule has 0 saturated heterocycles. The first-order valence-electron chi connectivity index (χ1n) is 6.36. The second-order valence-electron chi connectivity index (χ2n) is 5.08. The monoisotopic (exact) mass is 249 g/mol. The van der Waals surface area contributed by atoms with Crippen molar-refractivity contribution in [3.8, 4) is 0 Å². The average molecular weight is 249 g/mol. The van der Waals surface area contributed by atoms with Crippen molar-refractivity contribution >= 4 is 5.97 Å². The predicted molar refractivity (Wildman–Crippen MR) is 73.5 cm³/mol. The molecule has 0 unspecified atom stereocenters. The standard InChI is InChI=1S/C15H23NO2/c1-9-6-7-14(10(2)8-9)11(3)13(5)18-15(17)12(4)16/h6-8,11-13H,16H2,1-5H3/t11-,12+,13+/m1/s1. The number of carbonyl (C=O) groups excluding carboxylic acids is 1. The van der Waals surface area contributed by atoms with Crippen LogP contribution < -0.4 is 5.73 Å². The molecule has 1 aromatic carbocycles. The van der Waals surface area contributed by atoms with E-state index < -0.39 is 6.04 Å². The molecule has 18 heavy (non-hydrogen) atoms. The molecule has 0 bridgehead atoms. The molecule has 0 heterocycles. The van der Waals surface area contributed by atoms with Crippen LogP contribution in [0, 0.1) is 13.8 Å². The van der Waals surface area contributed by atoms with Gasteiger partial charge in [-0.3, -0.25) is 4.79 Å². The number of ether oxygens (including phenoxy) is 1. The third-order valence-electron chi connectivity index (χ3n) is 3.29. The molecule has 0 aliphatic heterocycles. The van der Waals surface area contributed by atoms with Gasteiger partial charge in [0, 0.05) is 5.92 Å². The van der Waals surface area contributed by atoms with E-state index in [0.29, 0.717) is 0 Å². The lowest BCUT2D eigenvalue weighted by atomic mass is 9.91. The largest absolute Gasteiger partial charge is 0.461 e. The van der Waals surface area contributed by atoms with Crippen molar-refractivity contribution < 1.29 is 9.53 Å². The van der Waals surface area contributed by atoms with Crippen LogP contribution in [-0.2, 0) is 9.53 Å². The van der Waals surface area contributed by atoms with Gasteiger partial charge in [-0.2, -0.15) is 0 Å². The summed E-state index contributed by atoms with van der Waals surface area (Å²) in [6, 6.07) is 5.76. The summed E-state index contributed by atoms with van der Waals surface area (Å²) in [5.74, 6) is -0.188. The van der Waals surface area contributed by atoms with E-state index in [2.05, 4.69) is 39.0 Å². The van der Waals surface area contributed by atoms with Crippen LogP contribution in [0.2, 0.25) is 0 Å². The smallest absolute Gasteiger partial charge is 0.322 e. The van der Waals surface area contributed by atoms with Gasteiger partial charge >= 0.3 is 5.97 Å². The van der Waals surface area contributed by atoms with Gasteiger partial charge in [0.05, 0.1) is 0 Å². The maximum Gasteiger partial charge on any atom is 0.322 e. The lowest BCUT2D eigenvalue weighted by Crippen LogP contribution is -2.33. The molecular weight excluding hydrogens is 226 g/mol. The van der Waals surface area contributed by atoms with Gasteiger partial charge in [-0.05, 0) is 38.8 Å². The Balaban J connectivity index is 2.80. The molecule has 0 spiro atoms. The highest BCUT2D eigenvalue weighted by atomic mass is 16.5. The molecule has 2 N–H and O–H groups in total.